The van der Waals surface area contributed by atoms with Gasteiger partial charge in [-0.15, -0.1) is 0 Å². The third-order valence-electron chi connectivity index (χ3n) is 3.84. The van der Waals surface area contributed by atoms with Crippen LogP contribution in [0.1, 0.15) is 24.0 Å². The highest BCUT2D eigenvalue weighted by Gasteiger charge is 2.20. The summed E-state index contributed by atoms with van der Waals surface area (Å²) < 4.78 is 7.11. The molecule has 0 fully saturated rings. The SMILES string of the molecule is O=[N+]([O-])c1cc(Br)c(Oc2ccc(Cl)c3c2CCCC3)c(Br)c1. The molecule has 1 aliphatic carbocycles. The Morgan fingerprint density at radius 2 is 1.70 bits per heavy atom. The van der Waals surface area contributed by atoms with E-state index >= 15 is 0 Å². The van der Waals surface area contributed by atoms with Gasteiger partial charge in [-0.05, 0) is 80.8 Å². The average Bonchev–Trinajstić information content (AvgIpc) is 2.53. The molecule has 0 heterocycles. The Labute approximate surface area is 155 Å². The quantitative estimate of drug-likeness (QED) is 0.390. The van der Waals surface area contributed by atoms with Crippen molar-refractivity contribution in [3.05, 3.63) is 59.5 Å². The molecular formula is C16H12Br2ClNO3. The summed E-state index contributed by atoms with van der Waals surface area (Å²) in [5, 5.41) is 11.7. The topological polar surface area (TPSA) is 52.4 Å². The number of fused-ring (bicyclic) bond motifs is 1. The van der Waals surface area contributed by atoms with Crippen LogP contribution < -0.4 is 4.74 Å². The summed E-state index contributed by atoms with van der Waals surface area (Å²) in [4.78, 5) is 10.5. The fraction of sp³-hybridized carbons (Fsp3) is 0.250. The lowest BCUT2D eigenvalue weighted by molar-refractivity contribution is -0.385. The summed E-state index contributed by atoms with van der Waals surface area (Å²) in [6, 6.07) is 6.56. The average molecular weight is 462 g/mol. The van der Waals surface area contributed by atoms with Crippen molar-refractivity contribution in [2.75, 3.05) is 0 Å². The molecule has 0 amide bonds. The van der Waals surface area contributed by atoms with Crippen LogP contribution in [0.4, 0.5) is 5.69 Å². The molecule has 3 rings (SSSR count). The van der Waals surface area contributed by atoms with Crippen LogP contribution >= 0.6 is 43.5 Å². The van der Waals surface area contributed by atoms with Crippen LogP contribution in [-0.4, -0.2) is 4.92 Å². The lowest BCUT2D eigenvalue weighted by Gasteiger charge is -2.21. The molecule has 0 saturated heterocycles. The molecule has 0 N–H and O–H groups in total. The highest BCUT2D eigenvalue weighted by atomic mass is 79.9. The van der Waals surface area contributed by atoms with Gasteiger partial charge in [0.25, 0.3) is 5.69 Å². The number of halogens is 3. The molecule has 7 heteroatoms. The van der Waals surface area contributed by atoms with E-state index in [1.54, 1.807) is 0 Å². The summed E-state index contributed by atoms with van der Waals surface area (Å²) in [5.41, 5.74) is 2.26. The van der Waals surface area contributed by atoms with E-state index in [-0.39, 0.29) is 5.69 Å². The first kappa shape index (κ1) is 16.7. The molecular weight excluding hydrogens is 449 g/mol. The van der Waals surface area contributed by atoms with E-state index < -0.39 is 4.92 Å². The highest BCUT2D eigenvalue weighted by Crippen LogP contribution is 2.43. The Morgan fingerprint density at radius 1 is 1.09 bits per heavy atom. The zero-order chi connectivity index (χ0) is 16.6. The van der Waals surface area contributed by atoms with Gasteiger partial charge in [0.2, 0.25) is 0 Å². The van der Waals surface area contributed by atoms with Crippen molar-refractivity contribution in [3.8, 4) is 11.5 Å². The number of hydrogen-bond acceptors (Lipinski definition) is 3. The van der Waals surface area contributed by atoms with Crippen molar-refractivity contribution in [2.24, 2.45) is 0 Å². The summed E-state index contributed by atoms with van der Waals surface area (Å²) >= 11 is 13.0. The van der Waals surface area contributed by atoms with E-state index in [2.05, 4.69) is 31.9 Å². The fourth-order valence-electron chi connectivity index (χ4n) is 2.75. The first-order valence-corrected chi connectivity index (χ1v) is 9.05. The Balaban J connectivity index is 2.02. The molecule has 0 spiro atoms. The smallest absolute Gasteiger partial charge is 0.271 e. The number of nitro benzene ring substituents is 1. The van der Waals surface area contributed by atoms with E-state index in [0.29, 0.717) is 14.7 Å². The Hall–Kier alpha value is -1.11. The lowest BCUT2D eigenvalue weighted by atomic mass is 9.91. The number of ether oxygens (including phenoxy) is 1. The van der Waals surface area contributed by atoms with Crippen LogP contribution in [-0.2, 0) is 12.8 Å². The minimum absolute atomic E-state index is 0.00534. The second-order valence-corrected chi connectivity index (χ2v) is 7.42. The summed E-state index contributed by atoms with van der Waals surface area (Å²) in [6.45, 7) is 0. The number of hydrogen-bond donors (Lipinski definition) is 0. The van der Waals surface area contributed by atoms with Crippen molar-refractivity contribution in [1.29, 1.82) is 0 Å². The number of nitrogens with zero attached hydrogens (tertiary/aromatic N) is 1. The highest BCUT2D eigenvalue weighted by molar-refractivity contribution is 9.11. The van der Waals surface area contributed by atoms with Gasteiger partial charge < -0.3 is 4.74 Å². The van der Waals surface area contributed by atoms with Gasteiger partial charge in [0.1, 0.15) is 5.75 Å². The van der Waals surface area contributed by atoms with E-state index in [9.17, 15) is 10.1 Å². The molecule has 2 aromatic carbocycles. The third-order valence-corrected chi connectivity index (χ3v) is 5.37. The standard InChI is InChI=1S/C16H12Br2ClNO3/c17-12-7-9(20(21)22)8-13(18)16(12)23-15-6-5-14(19)10-3-1-2-4-11(10)15/h5-8H,1-4H2. The molecule has 0 bridgehead atoms. The minimum Gasteiger partial charge on any atom is -0.455 e. The van der Waals surface area contributed by atoms with E-state index in [4.69, 9.17) is 16.3 Å². The Morgan fingerprint density at radius 3 is 2.30 bits per heavy atom. The van der Waals surface area contributed by atoms with Gasteiger partial charge in [0.15, 0.2) is 5.75 Å². The van der Waals surface area contributed by atoms with Gasteiger partial charge in [-0.25, -0.2) is 0 Å². The zero-order valence-electron chi connectivity index (χ0n) is 11.9. The monoisotopic (exact) mass is 459 g/mol. The predicted octanol–water partition coefficient (Wildman–Crippen LogP) is 6.44. The Bertz CT molecular complexity index is 772. The van der Waals surface area contributed by atoms with Crippen molar-refractivity contribution < 1.29 is 9.66 Å². The van der Waals surface area contributed by atoms with E-state index in [1.807, 2.05) is 12.1 Å². The molecule has 23 heavy (non-hydrogen) atoms. The largest absolute Gasteiger partial charge is 0.455 e. The maximum Gasteiger partial charge on any atom is 0.271 e. The van der Waals surface area contributed by atoms with Crippen LogP contribution in [0.5, 0.6) is 11.5 Å². The maximum atomic E-state index is 10.9. The van der Waals surface area contributed by atoms with Crippen LogP contribution in [0.3, 0.4) is 0 Å². The van der Waals surface area contributed by atoms with Gasteiger partial charge in [0.05, 0.1) is 13.9 Å². The van der Waals surface area contributed by atoms with Crippen LogP contribution in [0, 0.1) is 10.1 Å². The molecule has 0 aromatic heterocycles. The summed E-state index contributed by atoms with van der Waals surface area (Å²) in [6.07, 6.45) is 4.11. The van der Waals surface area contributed by atoms with Crippen molar-refractivity contribution in [1.82, 2.24) is 0 Å². The zero-order valence-corrected chi connectivity index (χ0v) is 15.9. The van der Waals surface area contributed by atoms with Crippen molar-refractivity contribution in [2.45, 2.75) is 25.7 Å². The van der Waals surface area contributed by atoms with Gasteiger partial charge in [-0.3, -0.25) is 10.1 Å². The normalized spacial score (nSPS) is 13.5. The van der Waals surface area contributed by atoms with Crippen LogP contribution in [0.15, 0.2) is 33.2 Å². The van der Waals surface area contributed by atoms with Gasteiger partial charge in [0, 0.05) is 17.2 Å². The number of non-ortho nitro benzene ring substituents is 1. The minimum atomic E-state index is -0.441. The lowest BCUT2D eigenvalue weighted by Crippen LogP contribution is -2.05. The number of rotatable bonds is 3. The molecule has 0 atom stereocenters. The van der Waals surface area contributed by atoms with Gasteiger partial charge in [-0.1, -0.05) is 11.6 Å². The van der Waals surface area contributed by atoms with Gasteiger partial charge in [-0.2, -0.15) is 0 Å². The van der Waals surface area contributed by atoms with Crippen LogP contribution in [0.25, 0.3) is 0 Å². The summed E-state index contributed by atoms with van der Waals surface area (Å²) in [5.74, 6) is 1.27. The molecule has 4 nitrogen and oxygen atoms in total. The molecule has 0 unspecified atom stereocenters. The molecule has 2 aromatic rings. The van der Waals surface area contributed by atoms with Crippen molar-refractivity contribution in [3.63, 3.8) is 0 Å². The number of benzene rings is 2. The van der Waals surface area contributed by atoms with E-state index in [1.165, 1.54) is 12.1 Å². The molecule has 0 aliphatic heterocycles. The first-order chi connectivity index (χ1) is 11.0. The molecule has 1 aliphatic rings. The third kappa shape index (κ3) is 3.39. The molecule has 0 saturated carbocycles. The molecule has 0 radical (unpaired) electrons. The second-order valence-electron chi connectivity index (χ2n) is 5.31. The first-order valence-electron chi connectivity index (χ1n) is 7.09. The Kier molecular flexibility index (Phi) is 4.94. The van der Waals surface area contributed by atoms with Crippen molar-refractivity contribution >= 4 is 49.1 Å². The van der Waals surface area contributed by atoms with Crippen LogP contribution in [0.2, 0.25) is 5.02 Å². The van der Waals surface area contributed by atoms with Gasteiger partial charge >= 0.3 is 0 Å². The summed E-state index contributed by atoms with van der Waals surface area (Å²) in [7, 11) is 0. The van der Waals surface area contributed by atoms with E-state index in [0.717, 1.165) is 47.6 Å². The maximum absolute atomic E-state index is 10.9. The predicted molar refractivity (Wildman–Crippen MR) is 96.7 cm³/mol. The second kappa shape index (κ2) is 6.79. The molecule has 120 valence electrons. The number of nitro groups is 1. The fourth-order valence-corrected chi connectivity index (χ4v) is 4.34.